The molecular weight excluding hydrogens is 457 g/mol. The molecule has 0 aromatic heterocycles. The Morgan fingerprint density at radius 1 is 0.308 bits per heavy atom. The Bertz CT molecular complexity index is 515. The summed E-state index contributed by atoms with van der Waals surface area (Å²) in [7, 11) is 0. The summed E-state index contributed by atoms with van der Waals surface area (Å²) in [6.07, 6.45) is 0. The quantitative estimate of drug-likeness (QED) is 0.346. The van der Waals surface area contributed by atoms with Gasteiger partial charge in [-0.25, -0.2) is 17.6 Å². The predicted octanol–water partition coefficient (Wildman–Crippen LogP) is 5.21. The van der Waals surface area contributed by atoms with Gasteiger partial charge in [0.2, 0.25) is 4.33 Å². The third kappa shape index (κ3) is 1.04. The van der Waals surface area contributed by atoms with Crippen LogP contribution in [0.25, 0.3) is 0 Å². The van der Waals surface area contributed by atoms with Crippen LogP contribution in [-0.4, -0.2) is 56.6 Å². The summed E-state index contributed by atoms with van der Waals surface area (Å²) in [6.45, 7) is 0. The van der Waals surface area contributed by atoms with Crippen LogP contribution in [0.15, 0.2) is 0 Å². The van der Waals surface area contributed by atoms with Gasteiger partial charge < -0.3 is 0 Å². The van der Waals surface area contributed by atoms with E-state index in [1.807, 2.05) is 0 Å². The number of rotatable bonds is 0. The van der Waals surface area contributed by atoms with Crippen LogP contribution in [0.3, 0.4) is 0 Å². The largest absolute Gasteiger partial charge is 0.339 e. The molecular formula is C10Cl2F14. The molecule has 4 saturated carbocycles. The molecule has 0 atom stereocenters. The smallest absolute Gasteiger partial charge is 0.227 e. The minimum absolute atomic E-state index is 4.38. The molecule has 0 aromatic rings. The summed E-state index contributed by atoms with van der Waals surface area (Å²) in [6, 6.07) is 0. The fourth-order valence-electron chi connectivity index (χ4n) is 3.79. The average molecular weight is 457 g/mol. The highest BCUT2D eigenvalue weighted by atomic mass is 35.5. The molecule has 152 valence electrons. The second-order valence-corrected chi connectivity index (χ2v) is 7.41. The highest BCUT2D eigenvalue weighted by molar-refractivity contribution is 6.51. The van der Waals surface area contributed by atoms with E-state index in [4.69, 9.17) is 0 Å². The van der Waals surface area contributed by atoms with Crippen molar-refractivity contribution in [3.05, 3.63) is 0 Å². The summed E-state index contributed by atoms with van der Waals surface area (Å²) in [4.78, 5) is 0. The normalized spacial score (nSPS) is 53.5. The van der Waals surface area contributed by atoms with Crippen LogP contribution in [0.2, 0.25) is 0 Å². The molecule has 0 amide bonds. The first-order valence-corrected chi connectivity index (χ1v) is 6.78. The SMILES string of the molecule is FC1(F)C2(F)C(F)(F)C3(F)C(F)(F)C1(F)C(F)(F)C(F)(C2(F)F)C3(Cl)Cl. The van der Waals surface area contributed by atoms with Gasteiger partial charge in [-0.2, -0.15) is 43.9 Å². The first kappa shape index (κ1) is 20.3. The van der Waals surface area contributed by atoms with Gasteiger partial charge >= 0.3 is 41.0 Å². The maximum atomic E-state index is 14.5. The van der Waals surface area contributed by atoms with E-state index >= 15 is 0 Å². The van der Waals surface area contributed by atoms with E-state index in [0.29, 0.717) is 0 Å². The van der Waals surface area contributed by atoms with Crippen LogP contribution in [0.1, 0.15) is 0 Å². The number of hydrogen-bond donors (Lipinski definition) is 0. The zero-order valence-corrected chi connectivity index (χ0v) is 12.6. The second-order valence-electron chi connectivity index (χ2n) is 6.08. The molecule has 0 heterocycles. The maximum absolute atomic E-state index is 14.5. The average Bonchev–Trinajstić information content (AvgIpc) is 2.46. The van der Waals surface area contributed by atoms with Gasteiger partial charge in [0.05, 0.1) is 0 Å². The Hall–Kier alpha value is -0.400. The van der Waals surface area contributed by atoms with Crippen molar-refractivity contribution in [3.63, 3.8) is 0 Å². The molecule has 4 rings (SSSR count). The minimum Gasteiger partial charge on any atom is -0.227 e. The lowest BCUT2D eigenvalue weighted by Crippen LogP contribution is -3.08. The summed E-state index contributed by atoms with van der Waals surface area (Å²) in [5.74, 6) is -37.4. The molecule has 0 nitrogen and oxygen atoms in total. The zero-order valence-electron chi connectivity index (χ0n) is 11.0. The minimum atomic E-state index is -7.70. The fourth-order valence-corrected chi connectivity index (χ4v) is 4.74. The molecule has 26 heavy (non-hydrogen) atoms. The van der Waals surface area contributed by atoms with Gasteiger partial charge in [0, 0.05) is 0 Å². The molecule has 0 aliphatic heterocycles. The molecule has 0 spiro atoms. The van der Waals surface area contributed by atoms with E-state index in [1.165, 1.54) is 0 Å². The van der Waals surface area contributed by atoms with Gasteiger partial charge in [-0.15, -0.1) is 0 Å². The Morgan fingerprint density at radius 2 is 0.462 bits per heavy atom. The monoisotopic (exact) mass is 456 g/mol. The van der Waals surface area contributed by atoms with Crippen molar-refractivity contribution in [2.24, 2.45) is 0 Å². The lowest BCUT2D eigenvalue weighted by molar-refractivity contribution is -0.571. The summed E-state index contributed by atoms with van der Waals surface area (Å²) >= 11 is 8.76. The highest BCUT2D eigenvalue weighted by Gasteiger charge is 3.22. The molecule has 4 aliphatic rings. The van der Waals surface area contributed by atoms with Crippen LogP contribution in [-0.2, 0) is 0 Å². The third-order valence-corrected chi connectivity index (χ3v) is 6.23. The summed E-state index contributed by atoms with van der Waals surface area (Å²) in [5.41, 5.74) is -28.9. The van der Waals surface area contributed by atoms with Gasteiger partial charge in [0.15, 0.2) is 0 Å². The van der Waals surface area contributed by atoms with Crippen LogP contribution < -0.4 is 0 Å². The number of halogens is 16. The van der Waals surface area contributed by atoms with Crippen molar-refractivity contribution in [2.45, 2.75) is 56.6 Å². The van der Waals surface area contributed by atoms with E-state index in [1.54, 1.807) is 0 Å². The standard InChI is InChI=1S/C10Cl2F14/c11-5(12)1(13)6(17,18)3(15)8(21,22)2(5,14)9(23,24)4(16,7(1,19)20)10(3,25)26. The van der Waals surface area contributed by atoms with Crippen molar-refractivity contribution in [3.8, 4) is 0 Å². The first-order valence-electron chi connectivity index (χ1n) is 6.02. The molecule has 0 N–H and O–H groups in total. The van der Waals surface area contributed by atoms with Gasteiger partial charge in [-0.1, -0.05) is 23.2 Å². The maximum Gasteiger partial charge on any atom is 0.339 e. The fraction of sp³-hybridized carbons (Fsp3) is 1.00. The Labute approximate surface area is 142 Å². The topological polar surface area (TPSA) is 0 Å². The molecule has 0 aromatic carbocycles. The molecule has 4 fully saturated rings. The van der Waals surface area contributed by atoms with Crippen molar-refractivity contribution < 1.29 is 61.5 Å². The highest BCUT2D eigenvalue weighted by Crippen LogP contribution is 2.89. The van der Waals surface area contributed by atoms with Crippen LogP contribution in [0, 0.1) is 0 Å². The van der Waals surface area contributed by atoms with Crippen molar-refractivity contribution in [1.29, 1.82) is 0 Å². The van der Waals surface area contributed by atoms with Crippen LogP contribution >= 0.6 is 23.2 Å². The molecule has 0 unspecified atom stereocenters. The van der Waals surface area contributed by atoms with Crippen molar-refractivity contribution in [2.75, 3.05) is 0 Å². The van der Waals surface area contributed by atoms with E-state index in [2.05, 4.69) is 23.2 Å². The number of hydrogen-bond acceptors (Lipinski definition) is 0. The lowest BCUT2D eigenvalue weighted by Gasteiger charge is -2.74. The molecule has 0 saturated heterocycles. The lowest BCUT2D eigenvalue weighted by atomic mass is 9.42. The van der Waals surface area contributed by atoms with E-state index in [-0.39, 0.29) is 0 Å². The Balaban J connectivity index is 2.71. The van der Waals surface area contributed by atoms with Gasteiger partial charge in [0.25, 0.3) is 11.3 Å². The number of alkyl halides is 16. The predicted molar refractivity (Wildman–Crippen MR) is 54.5 cm³/mol. The van der Waals surface area contributed by atoms with Crippen LogP contribution in [0.5, 0.6) is 0 Å². The van der Waals surface area contributed by atoms with Gasteiger partial charge in [0.1, 0.15) is 0 Å². The molecule has 0 radical (unpaired) electrons. The van der Waals surface area contributed by atoms with Crippen LogP contribution in [0.4, 0.5) is 61.5 Å². The first-order chi connectivity index (χ1) is 11.0. The molecule has 16 heteroatoms. The Kier molecular flexibility index (Phi) is 3.02. The van der Waals surface area contributed by atoms with Gasteiger partial charge in [-0.05, 0) is 0 Å². The van der Waals surface area contributed by atoms with Gasteiger partial charge in [-0.3, -0.25) is 0 Å². The molecule has 4 aliphatic carbocycles. The van der Waals surface area contributed by atoms with E-state index in [0.717, 1.165) is 0 Å². The third-order valence-electron chi connectivity index (χ3n) is 5.19. The second kappa shape index (κ2) is 3.86. The summed E-state index contributed by atoms with van der Waals surface area (Å²) in [5, 5.41) is 0. The zero-order chi connectivity index (χ0) is 21.0. The molecule has 4 bridgehead atoms. The van der Waals surface area contributed by atoms with E-state index in [9.17, 15) is 61.5 Å². The van der Waals surface area contributed by atoms with E-state index < -0.39 is 56.6 Å². The van der Waals surface area contributed by atoms with Crippen molar-refractivity contribution >= 4 is 23.2 Å². The summed E-state index contributed by atoms with van der Waals surface area (Å²) < 4.78 is 190. The van der Waals surface area contributed by atoms with Crippen molar-refractivity contribution in [1.82, 2.24) is 0 Å². The Morgan fingerprint density at radius 3 is 0.654 bits per heavy atom.